The van der Waals surface area contributed by atoms with Crippen LogP contribution in [0.15, 0.2) is 0 Å². The fraction of sp³-hybridized carbons (Fsp3) is 0.571. The minimum absolute atomic E-state index is 0.0854. The molecule has 5 nitrogen and oxygen atoms in total. The zero-order valence-corrected chi connectivity index (χ0v) is 7.45. The molecule has 0 aliphatic carbocycles. The van der Waals surface area contributed by atoms with Gasteiger partial charge in [0, 0.05) is 6.42 Å². The Hall–Kier alpha value is -1.60. The Balaban J connectivity index is 2.38. The minimum Gasteiger partial charge on any atom is -0.363 e. The zero-order valence-electron chi connectivity index (χ0n) is 7.45. The van der Waals surface area contributed by atoms with Crippen LogP contribution in [0.2, 0.25) is 0 Å². The fourth-order valence-corrected chi connectivity index (χ4v) is 1.57. The first-order chi connectivity index (χ1) is 6.89. The van der Waals surface area contributed by atoms with Crippen LogP contribution in [0.3, 0.4) is 0 Å². The summed E-state index contributed by atoms with van der Waals surface area (Å²) in [6, 6.07) is -1.69. The smallest absolute Gasteiger partial charge is 0.363 e. The highest BCUT2D eigenvalue weighted by molar-refractivity contribution is 5.88. The monoisotopic (exact) mass is 220 g/mol. The van der Waals surface area contributed by atoms with Crippen molar-refractivity contribution in [3.63, 3.8) is 0 Å². The SMILES string of the molecule is NC(=O)c1nc2n(n1)C(C(F)(F)F)CC2. The maximum Gasteiger partial charge on any atom is 0.410 e. The lowest BCUT2D eigenvalue weighted by Crippen LogP contribution is -2.25. The van der Waals surface area contributed by atoms with Crippen LogP contribution in [0.1, 0.15) is 28.9 Å². The average Bonchev–Trinajstić information content (AvgIpc) is 2.56. The second-order valence-electron chi connectivity index (χ2n) is 3.26. The third-order valence-electron chi connectivity index (χ3n) is 2.24. The molecular formula is C7H7F3N4O. The second-order valence-corrected chi connectivity index (χ2v) is 3.26. The average molecular weight is 220 g/mol. The molecule has 15 heavy (non-hydrogen) atoms. The summed E-state index contributed by atoms with van der Waals surface area (Å²) in [6.45, 7) is 0. The maximum atomic E-state index is 12.4. The van der Waals surface area contributed by atoms with E-state index in [0.717, 1.165) is 4.68 Å². The molecule has 2 heterocycles. The summed E-state index contributed by atoms with van der Waals surface area (Å²) in [6.07, 6.45) is -4.30. The van der Waals surface area contributed by atoms with Crippen LogP contribution < -0.4 is 5.73 Å². The second kappa shape index (κ2) is 2.94. The van der Waals surface area contributed by atoms with E-state index in [0.29, 0.717) is 0 Å². The third-order valence-corrected chi connectivity index (χ3v) is 2.24. The van der Waals surface area contributed by atoms with Gasteiger partial charge in [-0.15, -0.1) is 5.10 Å². The van der Waals surface area contributed by atoms with Gasteiger partial charge in [-0.3, -0.25) is 4.79 Å². The number of primary amides is 1. The van der Waals surface area contributed by atoms with Gasteiger partial charge < -0.3 is 5.73 Å². The van der Waals surface area contributed by atoms with E-state index >= 15 is 0 Å². The molecular weight excluding hydrogens is 213 g/mol. The van der Waals surface area contributed by atoms with Gasteiger partial charge >= 0.3 is 6.18 Å². The first kappa shape index (κ1) is 9.94. The molecule has 1 aliphatic heterocycles. The highest BCUT2D eigenvalue weighted by Crippen LogP contribution is 2.38. The van der Waals surface area contributed by atoms with Crippen molar-refractivity contribution in [3.8, 4) is 0 Å². The lowest BCUT2D eigenvalue weighted by Gasteiger charge is -2.14. The molecule has 0 saturated heterocycles. The van der Waals surface area contributed by atoms with Crippen molar-refractivity contribution in [2.45, 2.75) is 25.1 Å². The number of nitrogens with two attached hydrogens (primary N) is 1. The summed E-state index contributed by atoms with van der Waals surface area (Å²) in [5.41, 5.74) is 4.87. The van der Waals surface area contributed by atoms with E-state index in [4.69, 9.17) is 5.73 Å². The third kappa shape index (κ3) is 1.55. The Morgan fingerprint density at radius 1 is 1.53 bits per heavy atom. The van der Waals surface area contributed by atoms with Crippen molar-refractivity contribution >= 4 is 5.91 Å². The summed E-state index contributed by atoms with van der Waals surface area (Å²) < 4.78 is 38.1. The molecule has 0 aromatic carbocycles. The molecule has 82 valence electrons. The molecule has 1 amide bonds. The van der Waals surface area contributed by atoms with E-state index in [-0.39, 0.29) is 24.5 Å². The van der Waals surface area contributed by atoms with Crippen molar-refractivity contribution in [1.82, 2.24) is 14.8 Å². The van der Waals surface area contributed by atoms with Crippen molar-refractivity contribution in [2.75, 3.05) is 0 Å². The Kier molecular flexibility index (Phi) is 1.95. The van der Waals surface area contributed by atoms with Gasteiger partial charge in [0.2, 0.25) is 5.82 Å². The summed E-state index contributed by atoms with van der Waals surface area (Å²) in [7, 11) is 0. The molecule has 0 saturated carbocycles. The van der Waals surface area contributed by atoms with Gasteiger partial charge in [-0.2, -0.15) is 13.2 Å². The number of carbonyl (C=O) groups is 1. The van der Waals surface area contributed by atoms with Crippen LogP contribution in [0, 0.1) is 0 Å². The van der Waals surface area contributed by atoms with Gasteiger partial charge in [0.1, 0.15) is 11.9 Å². The molecule has 2 rings (SSSR count). The van der Waals surface area contributed by atoms with Crippen LogP contribution in [0.5, 0.6) is 0 Å². The summed E-state index contributed by atoms with van der Waals surface area (Å²) >= 11 is 0. The van der Waals surface area contributed by atoms with Crippen molar-refractivity contribution in [2.24, 2.45) is 5.73 Å². The molecule has 8 heteroatoms. The number of amides is 1. The largest absolute Gasteiger partial charge is 0.410 e. The number of aromatic nitrogens is 3. The van der Waals surface area contributed by atoms with Gasteiger partial charge in [0.25, 0.3) is 5.91 Å². The van der Waals surface area contributed by atoms with Crippen molar-refractivity contribution in [1.29, 1.82) is 0 Å². The number of halogens is 3. The Morgan fingerprint density at radius 2 is 2.20 bits per heavy atom. The van der Waals surface area contributed by atoms with E-state index < -0.39 is 18.1 Å². The van der Waals surface area contributed by atoms with Gasteiger partial charge in [-0.1, -0.05) is 0 Å². The van der Waals surface area contributed by atoms with Gasteiger partial charge in [0.05, 0.1) is 0 Å². The zero-order chi connectivity index (χ0) is 11.2. The Morgan fingerprint density at radius 3 is 2.73 bits per heavy atom. The number of carbonyl (C=O) groups excluding carboxylic acids is 1. The van der Waals surface area contributed by atoms with Crippen LogP contribution in [0.25, 0.3) is 0 Å². The maximum absolute atomic E-state index is 12.4. The number of hydrogen-bond acceptors (Lipinski definition) is 3. The van der Waals surface area contributed by atoms with E-state index in [1.807, 2.05) is 0 Å². The van der Waals surface area contributed by atoms with Crippen LogP contribution in [-0.2, 0) is 6.42 Å². The number of alkyl halides is 3. The van der Waals surface area contributed by atoms with Crippen molar-refractivity contribution < 1.29 is 18.0 Å². The van der Waals surface area contributed by atoms with Gasteiger partial charge in [-0.25, -0.2) is 9.67 Å². The van der Waals surface area contributed by atoms with Crippen LogP contribution in [0.4, 0.5) is 13.2 Å². The van der Waals surface area contributed by atoms with Crippen molar-refractivity contribution in [3.05, 3.63) is 11.6 Å². The quantitative estimate of drug-likeness (QED) is 0.745. The molecule has 1 aromatic rings. The summed E-state index contributed by atoms with van der Waals surface area (Å²) in [5.74, 6) is -1.12. The van der Waals surface area contributed by atoms with Gasteiger partial charge in [0.15, 0.2) is 0 Å². The number of rotatable bonds is 1. The normalized spacial score (nSPS) is 20.3. The summed E-state index contributed by atoms with van der Waals surface area (Å²) in [4.78, 5) is 14.3. The molecule has 1 aliphatic rings. The van der Waals surface area contributed by atoms with Gasteiger partial charge in [-0.05, 0) is 6.42 Å². The number of hydrogen-bond donors (Lipinski definition) is 1. The molecule has 0 spiro atoms. The standard InChI is InChI=1S/C7H7F3N4O/c8-7(9,10)3-1-2-4-12-6(5(11)15)13-14(3)4/h3H,1-2H2,(H2,11,15). The predicted molar refractivity (Wildman–Crippen MR) is 42.0 cm³/mol. The van der Waals surface area contributed by atoms with Crippen LogP contribution >= 0.6 is 0 Å². The lowest BCUT2D eigenvalue weighted by atomic mass is 10.2. The highest BCUT2D eigenvalue weighted by Gasteiger charge is 2.46. The Labute approximate surface area is 82.1 Å². The molecule has 1 aromatic heterocycles. The molecule has 1 unspecified atom stereocenters. The van der Waals surface area contributed by atoms with Crippen LogP contribution in [-0.4, -0.2) is 26.8 Å². The van der Waals surface area contributed by atoms with E-state index in [9.17, 15) is 18.0 Å². The molecule has 0 radical (unpaired) electrons. The van der Waals surface area contributed by atoms with E-state index in [2.05, 4.69) is 10.1 Å². The molecule has 1 atom stereocenters. The number of nitrogens with zero attached hydrogens (tertiary/aromatic N) is 3. The number of fused-ring (bicyclic) bond motifs is 1. The first-order valence-electron chi connectivity index (χ1n) is 4.21. The number of aryl methyl sites for hydroxylation is 1. The minimum atomic E-state index is -4.37. The highest BCUT2D eigenvalue weighted by atomic mass is 19.4. The first-order valence-corrected chi connectivity index (χ1v) is 4.21. The lowest BCUT2D eigenvalue weighted by molar-refractivity contribution is -0.168. The molecule has 0 fully saturated rings. The predicted octanol–water partition coefficient (Wildman–Crippen LogP) is 0.427. The fourth-order valence-electron chi connectivity index (χ4n) is 1.57. The summed E-state index contributed by atoms with van der Waals surface area (Å²) in [5, 5.41) is 3.45. The topological polar surface area (TPSA) is 73.8 Å². The molecule has 0 bridgehead atoms. The Bertz CT molecular complexity index is 411. The van der Waals surface area contributed by atoms with E-state index in [1.54, 1.807) is 0 Å². The molecule has 2 N–H and O–H groups in total. The van der Waals surface area contributed by atoms with E-state index in [1.165, 1.54) is 0 Å².